The molecule has 0 radical (unpaired) electrons. The van der Waals surface area contributed by atoms with Crippen molar-refractivity contribution in [2.75, 3.05) is 0 Å². The molecule has 1 aliphatic carbocycles. The Balaban J connectivity index is 1.87. The number of Topliss-reactive ketones (excluding diaryl/α,β-unsaturated/α-hetero) is 1. The number of ketones is 1. The molecule has 1 aliphatic rings. The van der Waals surface area contributed by atoms with E-state index in [0.29, 0.717) is 6.10 Å². The average Bonchev–Trinajstić information content (AvgIpc) is 2.52. The first-order valence-electron chi connectivity index (χ1n) is 7.94. The molecule has 0 saturated heterocycles. The number of fused-ring (bicyclic) bond motifs is 1. The Morgan fingerprint density at radius 2 is 1.86 bits per heavy atom. The first-order valence-corrected chi connectivity index (χ1v) is 9.02. The van der Waals surface area contributed by atoms with Gasteiger partial charge in [-0.2, -0.15) is 0 Å². The van der Waals surface area contributed by atoms with Crippen molar-refractivity contribution in [1.82, 2.24) is 0 Å². The Bertz CT molecular complexity index is 700. The van der Waals surface area contributed by atoms with Crippen molar-refractivity contribution >= 4 is 39.1 Å². The molecule has 0 spiro atoms. The fourth-order valence-corrected chi connectivity index (χ4v) is 3.91. The first kappa shape index (κ1) is 15.8. The van der Waals surface area contributed by atoms with Crippen LogP contribution in [-0.2, 0) is 0 Å². The molecule has 2 aromatic rings. The van der Waals surface area contributed by atoms with Crippen molar-refractivity contribution in [3.63, 3.8) is 0 Å². The van der Waals surface area contributed by atoms with Crippen LogP contribution < -0.4 is 4.74 Å². The van der Waals surface area contributed by atoms with Crippen LogP contribution in [0.1, 0.15) is 49.9 Å². The molecule has 0 unspecified atom stereocenters. The molecule has 3 rings (SSSR count). The van der Waals surface area contributed by atoms with Crippen molar-refractivity contribution in [1.29, 1.82) is 0 Å². The van der Waals surface area contributed by atoms with Gasteiger partial charge in [0.25, 0.3) is 0 Å². The molecule has 22 heavy (non-hydrogen) atoms. The van der Waals surface area contributed by atoms with Crippen molar-refractivity contribution in [3.8, 4) is 5.75 Å². The van der Waals surface area contributed by atoms with Crippen molar-refractivity contribution in [3.05, 3.63) is 39.5 Å². The number of benzene rings is 2. The zero-order chi connectivity index (χ0) is 15.7. The zero-order valence-electron chi connectivity index (χ0n) is 13.1. The predicted octanol–water partition coefficient (Wildman–Crippen LogP) is 5.60. The first-order chi connectivity index (χ1) is 10.5. The average molecular weight is 408 g/mol. The second kappa shape index (κ2) is 6.57. The topological polar surface area (TPSA) is 26.3 Å². The van der Waals surface area contributed by atoms with Crippen molar-refractivity contribution in [2.45, 2.75) is 45.6 Å². The molecule has 1 fully saturated rings. The Morgan fingerprint density at radius 3 is 2.55 bits per heavy atom. The molecular formula is C19H21IO2. The minimum atomic E-state index is 0.105. The van der Waals surface area contributed by atoms with Gasteiger partial charge in [-0.15, -0.1) is 0 Å². The lowest BCUT2D eigenvalue weighted by Gasteiger charge is -2.27. The molecule has 0 atom stereocenters. The molecule has 0 N–H and O–H groups in total. The highest BCUT2D eigenvalue weighted by atomic mass is 127. The molecule has 0 aromatic heterocycles. The van der Waals surface area contributed by atoms with Crippen LogP contribution in [0, 0.1) is 9.49 Å². The smallest absolute Gasteiger partial charge is 0.159 e. The summed E-state index contributed by atoms with van der Waals surface area (Å²) in [5.74, 6) is 1.91. The SMILES string of the molecule is CC(=O)c1ccc2c(I)c(OC3CCC(C)CC3)ccc2c1. The van der Waals surface area contributed by atoms with Gasteiger partial charge in [0.2, 0.25) is 0 Å². The van der Waals surface area contributed by atoms with Gasteiger partial charge >= 0.3 is 0 Å². The molecule has 2 aromatic carbocycles. The summed E-state index contributed by atoms with van der Waals surface area (Å²) in [6, 6.07) is 10.0. The van der Waals surface area contributed by atoms with Gasteiger partial charge in [0.15, 0.2) is 5.78 Å². The molecule has 0 heterocycles. The maximum Gasteiger partial charge on any atom is 0.159 e. The van der Waals surface area contributed by atoms with E-state index in [-0.39, 0.29) is 5.78 Å². The van der Waals surface area contributed by atoms with Crippen LogP contribution in [0.3, 0.4) is 0 Å². The van der Waals surface area contributed by atoms with E-state index in [9.17, 15) is 4.79 Å². The summed E-state index contributed by atoms with van der Waals surface area (Å²) >= 11 is 2.36. The van der Waals surface area contributed by atoms with Gasteiger partial charge in [0.05, 0.1) is 9.67 Å². The fraction of sp³-hybridized carbons (Fsp3) is 0.421. The van der Waals surface area contributed by atoms with Crippen LogP contribution in [0.2, 0.25) is 0 Å². The number of rotatable bonds is 3. The number of halogens is 1. The fourth-order valence-electron chi connectivity index (χ4n) is 3.11. The Morgan fingerprint density at radius 1 is 1.14 bits per heavy atom. The summed E-state index contributed by atoms with van der Waals surface area (Å²) in [5, 5.41) is 2.26. The number of hydrogen-bond acceptors (Lipinski definition) is 2. The molecule has 2 nitrogen and oxygen atoms in total. The van der Waals surface area contributed by atoms with Crippen LogP contribution in [-0.4, -0.2) is 11.9 Å². The molecule has 3 heteroatoms. The van der Waals surface area contributed by atoms with Gasteiger partial charge < -0.3 is 4.74 Å². The van der Waals surface area contributed by atoms with Gasteiger partial charge in [0, 0.05) is 5.56 Å². The highest BCUT2D eigenvalue weighted by molar-refractivity contribution is 14.1. The van der Waals surface area contributed by atoms with Gasteiger partial charge in [-0.3, -0.25) is 4.79 Å². The van der Waals surface area contributed by atoms with E-state index in [2.05, 4.69) is 35.6 Å². The highest BCUT2D eigenvalue weighted by Crippen LogP contribution is 2.33. The standard InChI is InChI=1S/C19H21IO2/c1-12-3-7-16(8-4-12)22-18-10-6-15-11-14(13(2)21)5-9-17(15)19(18)20/h5-6,9-12,16H,3-4,7-8H2,1-2H3. The molecular weight excluding hydrogens is 387 g/mol. The van der Waals surface area contributed by atoms with Gasteiger partial charge in [-0.1, -0.05) is 25.1 Å². The molecule has 0 aliphatic heterocycles. The van der Waals surface area contributed by atoms with E-state index in [4.69, 9.17) is 4.74 Å². The van der Waals surface area contributed by atoms with E-state index in [1.807, 2.05) is 24.3 Å². The van der Waals surface area contributed by atoms with Crippen LogP contribution in [0.5, 0.6) is 5.75 Å². The predicted molar refractivity (Wildman–Crippen MR) is 98.7 cm³/mol. The van der Waals surface area contributed by atoms with Crippen molar-refractivity contribution < 1.29 is 9.53 Å². The quantitative estimate of drug-likeness (QED) is 0.488. The lowest BCUT2D eigenvalue weighted by Crippen LogP contribution is -2.23. The maximum atomic E-state index is 11.5. The van der Waals surface area contributed by atoms with Gasteiger partial charge in [-0.05, 0) is 84.0 Å². The lowest BCUT2D eigenvalue weighted by atomic mass is 9.89. The normalized spacial score (nSPS) is 21.8. The molecule has 1 saturated carbocycles. The summed E-state index contributed by atoms with van der Waals surface area (Å²) in [7, 11) is 0. The highest BCUT2D eigenvalue weighted by Gasteiger charge is 2.20. The molecule has 116 valence electrons. The van der Waals surface area contributed by atoms with E-state index < -0.39 is 0 Å². The molecule has 0 amide bonds. The van der Waals surface area contributed by atoms with Crippen LogP contribution >= 0.6 is 22.6 Å². The number of hydrogen-bond donors (Lipinski definition) is 0. The maximum absolute atomic E-state index is 11.5. The minimum absolute atomic E-state index is 0.105. The minimum Gasteiger partial charge on any atom is -0.489 e. The summed E-state index contributed by atoms with van der Waals surface area (Å²) in [4.78, 5) is 11.5. The summed E-state index contributed by atoms with van der Waals surface area (Å²) in [6.07, 6.45) is 5.17. The van der Waals surface area contributed by atoms with Crippen LogP contribution in [0.4, 0.5) is 0 Å². The largest absolute Gasteiger partial charge is 0.489 e. The number of carbonyl (C=O) groups is 1. The monoisotopic (exact) mass is 408 g/mol. The Labute approximate surface area is 145 Å². The van der Waals surface area contributed by atoms with E-state index in [1.54, 1.807) is 6.92 Å². The van der Waals surface area contributed by atoms with Crippen molar-refractivity contribution in [2.24, 2.45) is 5.92 Å². The number of carbonyl (C=O) groups excluding carboxylic acids is 1. The summed E-state index contributed by atoms with van der Waals surface area (Å²) in [5.41, 5.74) is 0.762. The third-order valence-corrected chi connectivity index (χ3v) is 5.69. The van der Waals surface area contributed by atoms with Crippen LogP contribution in [0.25, 0.3) is 10.8 Å². The summed E-state index contributed by atoms with van der Waals surface area (Å²) < 4.78 is 7.39. The third-order valence-electron chi connectivity index (χ3n) is 4.58. The number of ether oxygens (including phenoxy) is 1. The lowest BCUT2D eigenvalue weighted by molar-refractivity contribution is 0.101. The van der Waals surface area contributed by atoms with E-state index >= 15 is 0 Å². The summed E-state index contributed by atoms with van der Waals surface area (Å²) in [6.45, 7) is 3.93. The molecule has 0 bridgehead atoms. The van der Waals surface area contributed by atoms with Crippen LogP contribution in [0.15, 0.2) is 30.3 Å². The van der Waals surface area contributed by atoms with E-state index in [0.717, 1.165) is 44.4 Å². The van der Waals surface area contributed by atoms with Gasteiger partial charge in [0.1, 0.15) is 5.75 Å². The third kappa shape index (κ3) is 3.29. The van der Waals surface area contributed by atoms with E-state index in [1.165, 1.54) is 12.8 Å². The Kier molecular flexibility index (Phi) is 4.71. The second-order valence-electron chi connectivity index (χ2n) is 6.37. The Hall–Kier alpha value is -1.10. The second-order valence-corrected chi connectivity index (χ2v) is 7.45. The zero-order valence-corrected chi connectivity index (χ0v) is 15.2. The van der Waals surface area contributed by atoms with Gasteiger partial charge in [-0.25, -0.2) is 0 Å².